The molecule has 2 heteroatoms. The summed E-state index contributed by atoms with van der Waals surface area (Å²) in [5.41, 5.74) is 1.68. The third kappa shape index (κ3) is 4.32. The summed E-state index contributed by atoms with van der Waals surface area (Å²) in [4.78, 5) is 0. The molecule has 0 aromatic heterocycles. The largest absolute Gasteiger partial charge is 0.373 e. The van der Waals surface area contributed by atoms with E-state index in [4.69, 9.17) is 4.74 Å². The Balaban J connectivity index is 2.24. The van der Waals surface area contributed by atoms with Crippen LogP contribution in [-0.2, 0) is 4.74 Å². The van der Waals surface area contributed by atoms with Crippen LogP contribution in [0.2, 0.25) is 0 Å². The molecule has 2 aliphatic carbocycles. The van der Waals surface area contributed by atoms with E-state index >= 15 is 0 Å². The SMILES string of the molecule is CCNC(C1=CCCCCC1)C1(OCC)CCCC(C)C1. The maximum atomic E-state index is 6.45. The van der Waals surface area contributed by atoms with E-state index in [-0.39, 0.29) is 5.60 Å². The first-order valence-electron chi connectivity index (χ1n) is 9.28. The van der Waals surface area contributed by atoms with Gasteiger partial charge < -0.3 is 10.1 Å². The molecule has 0 aliphatic heterocycles. The van der Waals surface area contributed by atoms with Crippen LogP contribution < -0.4 is 5.32 Å². The van der Waals surface area contributed by atoms with E-state index in [1.807, 2.05) is 0 Å². The van der Waals surface area contributed by atoms with Crippen molar-refractivity contribution in [3.8, 4) is 0 Å². The van der Waals surface area contributed by atoms with Crippen LogP contribution in [0.1, 0.15) is 78.6 Å². The number of nitrogens with one attached hydrogen (secondary N) is 1. The first-order valence-corrected chi connectivity index (χ1v) is 9.28. The van der Waals surface area contributed by atoms with E-state index in [1.165, 1.54) is 57.8 Å². The van der Waals surface area contributed by atoms with E-state index in [9.17, 15) is 0 Å². The van der Waals surface area contributed by atoms with E-state index in [0.29, 0.717) is 6.04 Å². The average Bonchev–Trinajstić information content (AvgIpc) is 2.74. The summed E-state index contributed by atoms with van der Waals surface area (Å²) < 4.78 is 6.45. The highest BCUT2D eigenvalue weighted by Crippen LogP contribution is 2.41. The molecule has 122 valence electrons. The minimum atomic E-state index is 0.0403. The smallest absolute Gasteiger partial charge is 0.0875 e. The highest BCUT2D eigenvalue weighted by Gasteiger charge is 2.43. The first-order chi connectivity index (χ1) is 10.2. The Kier molecular flexibility index (Phi) is 6.75. The van der Waals surface area contributed by atoms with Crippen LogP contribution in [0, 0.1) is 5.92 Å². The molecule has 3 atom stereocenters. The number of hydrogen-bond acceptors (Lipinski definition) is 2. The molecule has 1 fully saturated rings. The number of rotatable bonds is 6. The van der Waals surface area contributed by atoms with E-state index in [2.05, 4.69) is 32.2 Å². The fourth-order valence-electron chi connectivity index (χ4n) is 4.47. The second-order valence-corrected chi connectivity index (χ2v) is 7.07. The lowest BCUT2D eigenvalue weighted by molar-refractivity contribution is -0.0929. The zero-order valence-electron chi connectivity index (χ0n) is 14.4. The number of allylic oxidation sites excluding steroid dienone is 1. The van der Waals surface area contributed by atoms with Gasteiger partial charge in [0.15, 0.2) is 0 Å². The molecule has 0 bridgehead atoms. The van der Waals surface area contributed by atoms with Crippen LogP contribution in [0.15, 0.2) is 11.6 Å². The van der Waals surface area contributed by atoms with Gasteiger partial charge in [-0.3, -0.25) is 0 Å². The summed E-state index contributed by atoms with van der Waals surface area (Å²) in [6.45, 7) is 8.66. The van der Waals surface area contributed by atoms with Gasteiger partial charge in [-0.25, -0.2) is 0 Å². The quantitative estimate of drug-likeness (QED) is 0.707. The minimum Gasteiger partial charge on any atom is -0.373 e. The molecule has 0 radical (unpaired) electrons. The van der Waals surface area contributed by atoms with Crippen molar-refractivity contribution in [1.82, 2.24) is 5.32 Å². The first kappa shape index (κ1) is 17.0. The molecule has 3 unspecified atom stereocenters. The molecule has 0 heterocycles. The Labute approximate surface area is 131 Å². The van der Waals surface area contributed by atoms with Gasteiger partial charge in [0.25, 0.3) is 0 Å². The topological polar surface area (TPSA) is 21.3 Å². The molecule has 1 saturated carbocycles. The van der Waals surface area contributed by atoms with Gasteiger partial charge in [-0.1, -0.05) is 44.8 Å². The van der Waals surface area contributed by atoms with Crippen LogP contribution >= 0.6 is 0 Å². The maximum Gasteiger partial charge on any atom is 0.0875 e. The van der Waals surface area contributed by atoms with Gasteiger partial charge in [0, 0.05) is 6.61 Å². The van der Waals surface area contributed by atoms with Gasteiger partial charge in [0.2, 0.25) is 0 Å². The van der Waals surface area contributed by atoms with E-state index in [1.54, 1.807) is 5.57 Å². The zero-order valence-corrected chi connectivity index (χ0v) is 14.4. The lowest BCUT2D eigenvalue weighted by Gasteiger charge is -2.46. The van der Waals surface area contributed by atoms with Crippen molar-refractivity contribution in [2.75, 3.05) is 13.2 Å². The average molecular weight is 293 g/mol. The van der Waals surface area contributed by atoms with Crippen LogP contribution in [0.25, 0.3) is 0 Å². The summed E-state index contributed by atoms with van der Waals surface area (Å²) in [6, 6.07) is 0.434. The van der Waals surface area contributed by atoms with Crippen molar-refractivity contribution >= 4 is 0 Å². The molecule has 0 saturated heterocycles. The summed E-state index contributed by atoms with van der Waals surface area (Å²) in [5, 5.41) is 3.80. The predicted molar refractivity (Wildman–Crippen MR) is 90.6 cm³/mol. The third-order valence-corrected chi connectivity index (χ3v) is 5.30. The number of ether oxygens (including phenoxy) is 1. The molecule has 2 nitrogen and oxygen atoms in total. The van der Waals surface area contributed by atoms with Gasteiger partial charge in [-0.15, -0.1) is 0 Å². The Morgan fingerprint density at radius 3 is 2.86 bits per heavy atom. The fraction of sp³-hybridized carbons (Fsp3) is 0.895. The Bertz CT molecular complexity index is 334. The predicted octanol–water partition coefficient (Wildman–Crippen LogP) is 4.84. The van der Waals surface area contributed by atoms with E-state index in [0.717, 1.165) is 19.1 Å². The summed E-state index contributed by atoms with van der Waals surface area (Å²) in [7, 11) is 0. The summed E-state index contributed by atoms with van der Waals surface area (Å²) in [6.07, 6.45) is 14.3. The molecule has 0 aromatic rings. The van der Waals surface area contributed by atoms with Crippen molar-refractivity contribution in [2.45, 2.75) is 90.2 Å². The number of hydrogen-bond donors (Lipinski definition) is 1. The molecule has 0 spiro atoms. The standard InChI is InChI=1S/C19H35NO/c1-4-20-18(17-12-8-6-7-9-13-17)19(21-5-2)14-10-11-16(3)15-19/h12,16,18,20H,4-11,13-15H2,1-3H3. The van der Waals surface area contributed by atoms with Gasteiger partial charge >= 0.3 is 0 Å². The van der Waals surface area contributed by atoms with Crippen molar-refractivity contribution < 1.29 is 4.74 Å². The Hall–Kier alpha value is -0.340. The van der Waals surface area contributed by atoms with Crippen molar-refractivity contribution in [3.63, 3.8) is 0 Å². The third-order valence-electron chi connectivity index (χ3n) is 5.30. The summed E-state index contributed by atoms with van der Waals surface area (Å²) >= 11 is 0. The lowest BCUT2D eigenvalue weighted by Crippen LogP contribution is -2.55. The molecule has 21 heavy (non-hydrogen) atoms. The fourth-order valence-corrected chi connectivity index (χ4v) is 4.47. The molecular formula is C19H35NO. The Morgan fingerprint density at radius 2 is 2.14 bits per heavy atom. The highest BCUT2D eigenvalue weighted by atomic mass is 16.5. The normalized spacial score (nSPS) is 32.3. The molecule has 0 amide bonds. The molecule has 0 aromatic carbocycles. The molecular weight excluding hydrogens is 258 g/mol. The summed E-state index contributed by atoms with van der Waals surface area (Å²) in [5.74, 6) is 0.790. The maximum absolute atomic E-state index is 6.45. The highest BCUT2D eigenvalue weighted by molar-refractivity contribution is 5.19. The van der Waals surface area contributed by atoms with Gasteiger partial charge in [0.05, 0.1) is 11.6 Å². The Morgan fingerprint density at radius 1 is 1.29 bits per heavy atom. The van der Waals surface area contributed by atoms with Crippen molar-refractivity contribution in [2.24, 2.45) is 5.92 Å². The van der Waals surface area contributed by atoms with Gasteiger partial charge in [-0.2, -0.15) is 0 Å². The molecule has 2 rings (SSSR count). The monoisotopic (exact) mass is 293 g/mol. The van der Waals surface area contributed by atoms with Crippen LogP contribution in [0.4, 0.5) is 0 Å². The van der Waals surface area contributed by atoms with Crippen LogP contribution in [0.5, 0.6) is 0 Å². The van der Waals surface area contributed by atoms with Gasteiger partial charge in [0.1, 0.15) is 0 Å². The molecule has 2 aliphatic rings. The van der Waals surface area contributed by atoms with E-state index < -0.39 is 0 Å². The van der Waals surface area contributed by atoms with Crippen LogP contribution in [-0.4, -0.2) is 24.8 Å². The lowest BCUT2D eigenvalue weighted by atomic mass is 9.72. The second-order valence-electron chi connectivity index (χ2n) is 7.07. The second kappa shape index (κ2) is 8.33. The molecule has 1 N–H and O–H groups in total. The van der Waals surface area contributed by atoms with Crippen molar-refractivity contribution in [3.05, 3.63) is 11.6 Å². The van der Waals surface area contributed by atoms with Crippen molar-refractivity contribution in [1.29, 1.82) is 0 Å². The zero-order chi connectivity index (χ0) is 15.1. The van der Waals surface area contributed by atoms with Gasteiger partial charge in [-0.05, 0) is 57.9 Å². The van der Waals surface area contributed by atoms with Crippen LogP contribution in [0.3, 0.4) is 0 Å². The number of likely N-dealkylation sites (N-methyl/N-ethyl adjacent to an activating group) is 1. The minimum absolute atomic E-state index is 0.0403.